The molecule has 1 aromatic carbocycles. The van der Waals surface area contributed by atoms with E-state index in [1.165, 1.54) is 0 Å². The third-order valence-corrected chi connectivity index (χ3v) is 1.67. The summed E-state index contributed by atoms with van der Waals surface area (Å²) in [6.07, 6.45) is 0. The average Bonchev–Trinajstić information content (AvgIpc) is 2.71. The summed E-state index contributed by atoms with van der Waals surface area (Å²) in [4.78, 5) is 0. The van der Waals surface area contributed by atoms with Gasteiger partial charge in [-0.3, -0.25) is 0 Å². The van der Waals surface area contributed by atoms with Crippen LogP contribution in [0.4, 0.5) is 0 Å². The highest BCUT2D eigenvalue weighted by Gasteiger charge is 2.02. The summed E-state index contributed by atoms with van der Waals surface area (Å²) in [5.41, 5.74) is 0.883. The van der Waals surface area contributed by atoms with E-state index in [2.05, 4.69) is 20.6 Å². The van der Waals surface area contributed by atoms with Crippen LogP contribution >= 0.6 is 0 Å². The summed E-state index contributed by atoms with van der Waals surface area (Å²) in [7, 11) is 1.62. The number of ether oxygens (including phenoxy) is 1. The van der Waals surface area contributed by atoms with Crippen molar-refractivity contribution in [3.05, 3.63) is 24.3 Å². The number of nitrogens with one attached hydrogen (secondary N) is 1. The quantitative estimate of drug-likeness (QED) is 0.737. The maximum absolute atomic E-state index is 5.07. The van der Waals surface area contributed by atoms with E-state index < -0.39 is 0 Å². The predicted octanol–water partition coefficient (Wildman–Crippen LogP) is 0.875. The molecule has 0 radical (unpaired) electrons. The summed E-state index contributed by atoms with van der Waals surface area (Å²) in [5, 5.41) is 13.6. The highest BCUT2D eigenvalue weighted by Crippen LogP contribution is 2.19. The van der Waals surface area contributed by atoms with Crippen LogP contribution in [-0.4, -0.2) is 27.7 Å². The van der Waals surface area contributed by atoms with Crippen LogP contribution in [0.15, 0.2) is 24.3 Å². The summed E-state index contributed by atoms with van der Waals surface area (Å²) >= 11 is 0. The smallest absolute Gasteiger partial charge is 0.204 e. The molecule has 1 N–H and O–H groups in total. The monoisotopic (exact) mass is 176 g/mol. The van der Waals surface area contributed by atoms with Crippen molar-refractivity contribution < 1.29 is 4.74 Å². The van der Waals surface area contributed by atoms with Crippen molar-refractivity contribution in [2.45, 2.75) is 0 Å². The van der Waals surface area contributed by atoms with Crippen molar-refractivity contribution in [3.8, 4) is 17.1 Å². The number of tetrazole rings is 1. The number of benzene rings is 1. The second-order valence-corrected chi connectivity index (χ2v) is 2.47. The summed E-state index contributed by atoms with van der Waals surface area (Å²) in [6, 6.07) is 7.49. The molecule has 0 spiro atoms. The van der Waals surface area contributed by atoms with Gasteiger partial charge in [-0.05, 0) is 17.3 Å². The molecule has 1 aromatic heterocycles. The van der Waals surface area contributed by atoms with Gasteiger partial charge in [0.1, 0.15) is 5.75 Å². The number of hydrogen-bond donors (Lipinski definition) is 1. The van der Waals surface area contributed by atoms with Crippen molar-refractivity contribution in [2.75, 3.05) is 7.11 Å². The fourth-order valence-electron chi connectivity index (χ4n) is 1.05. The zero-order valence-electron chi connectivity index (χ0n) is 7.06. The Hall–Kier alpha value is -1.91. The van der Waals surface area contributed by atoms with Crippen LogP contribution in [0.1, 0.15) is 0 Å². The molecule has 0 unspecified atom stereocenters. The summed E-state index contributed by atoms with van der Waals surface area (Å²) in [6.45, 7) is 0. The molecular formula is C8H8N4O. The fraction of sp³-hybridized carbons (Fsp3) is 0.125. The van der Waals surface area contributed by atoms with E-state index in [4.69, 9.17) is 4.74 Å². The van der Waals surface area contributed by atoms with Gasteiger partial charge in [0.05, 0.1) is 7.11 Å². The third-order valence-electron chi connectivity index (χ3n) is 1.67. The lowest BCUT2D eigenvalue weighted by atomic mass is 10.2. The first-order valence-electron chi connectivity index (χ1n) is 3.78. The first kappa shape index (κ1) is 7.72. The van der Waals surface area contributed by atoms with Crippen molar-refractivity contribution in [1.82, 2.24) is 20.6 Å². The van der Waals surface area contributed by atoms with Gasteiger partial charge in [-0.2, -0.15) is 5.21 Å². The van der Waals surface area contributed by atoms with Gasteiger partial charge >= 0.3 is 0 Å². The Morgan fingerprint density at radius 3 is 3.00 bits per heavy atom. The highest BCUT2D eigenvalue weighted by molar-refractivity contribution is 5.56. The van der Waals surface area contributed by atoms with E-state index in [1.807, 2.05) is 24.3 Å². The van der Waals surface area contributed by atoms with Crippen LogP contribution in [0.2, 0.25) is 0 Å². The summed E-state index contributed by atoms with van der Waals surface area (Å²) < 4.78 is 5.07. The molecule has 5 heteroatoms. The van der Waals surface area contributed by atoms with E-state index in [0.717, 1.165) is 11.3 Å². The van der Waals surface area contributed by atoms with Crippen LogP contribution in [-0.2, 0) is 0 Å². The lowest BCUT2D eigenvalue weighted by molar-refractivity contribution is 0.415. The van der Waals surface area contributed by atoms with E-state index in [-0.39, 0.29) is 0 Å². The van der Waals surface area contributed by atoms with E-state index in [1.54, 1.807) is 7.11 Å². The minimum atomic E-state index is 0.568. The molecule has 5 nitrogen and oxygen atoms in total. The first-order valence-corrected chi connectivity index (χ1v) is 3.78. The topological polar surface area (TPSA) is 63.7 Å². The first-order chi connectivity index (χ1) is 6.40. The number of methoxy groups -OCH3 is 1. The maximum atomic E-state index is 5.07. The van der Waals surface area contributed by atoms with Crippen molar-refractivity contribution >= 4 is 0 Å². The van der Waals surface area contributed by atoms with Crippen LogP contribution in [0.5, 0.6) is 5.75 Å². The van der Waals surface area contributed by atoms with Crippen LogP contribution in [0.3, 0.4) is 0 Å². The van der Waals surface area contributed by atoms with E-state index in [9.17, 15) is 0 Å². The van der Waals surface area contributed by atoms with Crippen LogP contribution < -0.4 is 4.74 Å². The van der Waals surface area contributed by atoms with Gasteiger partial charge < -0.3 is 4.74 Å². The fourth-order valence-corrected chi connectivity index (χ4v) is 1.05. The molecule has 0 fully saturated rings. The third kappa shape index (κ3) is 1.48. The Balaban J connectivity index is 2.41. The molecule has 13 heavy (non-hydrogen) atoms. The Kier molecular flexibility index (Phi) is 1.91. The molecule has 2 aromatic rings. The van der Waals surface area contributed by atoms with Crippen molar-refractivity contribution in [2.24, 2.45) is 0 Å². The molecular weight excluding hydrogens is 168 g/mol. The molecule has 0 aliphatic carbocycles. The number of aromatic nitrogens is 4. The van der Waals surface area contributed by atoms with Gasteiger partial charge in [0.2, 0.25) is 5.82 Å². The molecule has 0 saturated carbocycles. The predicted molar refractivity (Wildman–Crippen MR) is 46.2 cm³/mol. The van der Waals surface area contributed by atoms with Gasteiger partial charge in [-0.15, -0.1) is 10.2 Å². The standard InChI is InChI=1S/C8H8N4O/c1-13-7-4-2-3-6(5-7)8-9-11-12-10-8/h2-5H,1H3,(H,9,10,11,12). The number of nitrogens with zero attached hydrogens (tertiary/aromatic N) is 3. The van der Waals surface area contributed by atoms with E-state index >= 15 is 0 Å². The van der Waals surface area contributed by atoms with Gasteiger partial charge in [-0.1, -0.05) is 12.1 Å². The van der Waals surface area contributed by atoms with Crippen molar-refractivity contribution in [1.29, 1.82) is 0 Å². The Labute approximate surface area is 74.7 Å². The number of H-pyrrole nitrogens is 1. The molecule has 1 heterocycles. The zero-order valence-corrected chi connectivity index (χ0v) is 7.06. The molecule has 0 saturated heterocycles. The highest BCUT2D eigenvalue weighted by atomic mass is 16.5. The Morgan fingerprint density at radius 1 is 1.38 bits per heavy atom. The van der Waals surface area contributed by atoms with Crippen LogP contribution in [0, 0.1) is 0 Å². The Morgan fingerprint density at radius 2 is 2.31 bits per heavy atom. The SMILES string of the molecule is COc1cccc(-c2nn[nH]n2)c1. The molecule has 0 aliphatic rings. The van der Waals surface area contributed by atoms with Gasteiger partial charge in [-0.25, -0.2) is 0 Å². The molecule has 66 valence electrons. The number of aromatic amines is 1. The van der Waals surface area contributed by atoms with Crippen LogP contribution in [0.25, 0.3) is 11.4 Å². The molecule has 0 atom stereocenters. The van der Waals surface area contributed by atoms with E-state index in [0.29, 0.717) is 5.82 Å². The average molecular weight is 176 g/mol. The lowest BCUT2D eigenvalue weighted by Gasteiger charge is -1.99. The number of rotatable bonds is 2. The minimum Gasteiger partial charge on any atom is -0.497 e. The van der Waals surface area contributed by atoms with Gasteiger partial charge in [0, 0.05) is 5.56 Å². The number of hydrogen-bond acceptors (Lipinski definition) is 4. The molecule has 0 aliphatic heterocycles. The molecule has 0 bridgehead atoms. The lowest BCUT2D eigenvalue weighted by Crippen LogP contribution is -1.85. The second kappa shape index (κ2) is 3.22. The summed E-state index contributed by atoms with van der Waals surface area (Å²) in [5.74, 6) is 1.35. The van der Waals surface area contributed by atoms with Crippen molar-refractivity contribution in [3.63, 3.8) is 0 Å². The normalized spacial score (nSPS) is 9.92. The second-order valence-electron chi connectivity index (χ2n) is 2.47. The maximum Gasteiger partial charge on any atom is 0.204 e. The molecule has 2 rings (SSSR count). The molecule has 0 amide bonds. The largest absolute Gasteiger partial charge is 0.497 e. The zero-order chi connectivity index (χ0) is 9.10. The van der Waals surface area contributed by atoms with Gasteiger partial charge in [0.25, 0.3) is 0 Å². The van der Waals surface area contributed by atoms with Gasteiger partial charge in [0.15, 0.2) is 0 Å². The Bertz CT molecular complexity index is 385. The minimum absolute atomic E-state index is 0.568.